The molecule has 1 amide bonds. The molecule has 0 aliphatic heterocycles. The van der Waals surface area contributed by atoms with E-state index < -0.39 is 0 Å². The van der Waals surface area contributed by atoms with Crippen molar-refractivity contribution >= 4 is 23.1 Å². The maximum atomic E-state index is 12.8. The lowest BCUT2D eigenvalue weighted by Gasteiger charge is -2.23. The standard InChI is InChI=1S/C14H17FN4OS/c1-9-13(21-18-17-9)8-19(3)10(2)14(20)16-12-6-4-11(15)5-7-12/h4-7,10H,8H2,1-3H3,(H,16,20)/t10-/m0/s1. The second-order valence-electron chi connectivity index (χ2n) is 4.87. The summed E-state index contributed by atoms with van der Waals surface area (Å²) in [7, 11) is 1.87. The number of aromatic nitrogens is 2. The van der Waals surface area contributed by atoms with E-state index in [1.165, 1.54) is 35.8 Å². The van der Waals surface area contributed by atoms with Crippen LogP contribution < -0.4 is 5.32 Å². The first-order valence-corrected chi connectivity index (χ1v) is 7.29. The quantitative estimate of drug-likeness (QED) is 0.922. The van der Waals surface area contributed by atoms with E-state index in [0.29, 0.717) is 12.2 Å². The molecular weight excluding hydrogens is 291 g/mol. The van der Waals surface area contributed by atoms with Crippen molar-refractivity contribution in [3.05, 3.63) is 40.7 Å². The van der Waals surface area contributed by atoms with Gasteiger partial charge in [-0.1, -0.05) is 4.49 Å². The van der Waals surface area contributed by atoms with Gasteiger partial charge < -0.3 is 5.32 Å². The zero-order valence-corrected chi connectivity index (χ0v) is 12.9. The van der Waals surface area contributed by atoms with Gasteiger partial charge in [-0.05, 0) is 56.7 Å². The molecule has 1 N–H and O–H groups in total. The van der Waals surface area contributed by atoms with Gasteiger partial charge in [0.15, 0.2) is 0 Å². The Hall–Kier alpha value is -1.86. The molecule has 0 aliphatic rings. The summed E-state index contributed by atoms with van der Waals surface area (Å²) in [4.78, 5) is 15.1. The Bertz CT molecular complexity index is 614. The maximum absolute atomic E-state index is 12.8. The number of halogens is 1. The minimum Gasteiger partial charge on any atom is -0.325 e. The van der Waals surface area contributed by atoms with Gasteiger partial charge in [0.1, 0.15) is 5.82 Å². The van der Waals surface area contributed by atoms with Crippen LogP contribution in [-0.4, -0.2) is 33.5 Å². The fourth-order valence-electron chi connectivity index (χ4n) is 1.74. The number of nitrogens with zero attached hydrogens (tertiary/aromatic N) is 3. The highest BCUT2D eigenvalue weighted by Crippen LogP contribution is 2.14. The van der Waals surface area contributed by atoms with Crippen molar-refractivity contribution in [2.45, 2.75) is 26.4 Å². The first-order valence-electron chi connectivity index (χ1n) is 6.52. The average molecular weight is 308 g/mol. The second kappa shape index (κ2) is 6.73. The number of anilines is 1. The van der Waals surface area contributed by atoms with E-state index in [-0.39, 0.29) is 17.8 Å². The second-order valence-corrected chi connectivity index (χ2v) is 5.71. The summed E-state index contributed by atoms with van der Waals surface area (Å²) in [5.74, 6) is -0.467. The molecule has 2 aromatic rings. The lowest BCUT2D eigenvalue weighted by Crippen LogP contribution is -2.39. The lowest BCUT2D eigenvalue weighted by molar-refractivity contribution is -0.120. The lowest BCUT2D eigenvalue weighted by atomic mass is 10.2. The molecule has 1 heterocycles. The zero-order valence-electron chi connectivity index (χ0n) is 12.1. The van der Waals surface area contributed by atoms with Crippen molar-refractivity contribution in [2.75, 3.05) is 12.4 Å². The number of nitrogens with one attached hydrogen (secondary N) is 1. The van der Waals surface area contributed by atoms with Gasteiger partial charge in [0.25, 0.3) is 0 Å². The van der Waals surface area contributed by atoms with Gasteiger partial charge in [0, 0.05) is 12.2 Å². The molecule has 0 bridgehead atoms. The number of hydrogen-bond acceptors (Lipinski definition) is 5. The number of carbonyl (C=O) groups excluding carboxylic acids is 1. The smallest absolute Gasteiger partial charge is 0.241 e. The predicted molar refractivity (Wildman–Crippen MR) is 80.6 cm³/mol. The van der Waals surface area contributed by atoms with Crippen LogP contribution in [0.15, 0.2) is 24.3 Å². The van der Waals surface area contributed by atoms with Crippen LogP contribution in [0, 0.1) is 12.7 Å². The monoisotopic (exact) mass is 308 g/mol. The average Bonchev–Trinajstić information content (AvgIpc) is 2.86. The first kappa shape index (κ1) is 15.5. The molecule has 0 aliphatic carbocycles. The molecule has 112 valence electrons. The number of amides is 1. The van der Waals surface area contributed by atoms with Crippen LogP contribution in [0.2, 0.25) is 0 Å². The highest BCUT2D eigenvalue weighted by atomic mass is 32.1. The van der Waals surface area contributed by atoms with E-state index in [0.717, 1.165) is 10.6 Å². The number of likely N-dealkylation sites (N-methyl/N-ethyl adjacent to an activating group) is 1. The van der Waals surface area contributed by atoms with Crippen molar-refractivity contribution in [1.29, 1.82) is 0 Å². The van der Waals surface area contributed by atoms with Crippen molar-refractivity contribution in [2.24, 2.45) is 0 Å². The normalized spacial score (nSPS) is 12.4. The largest absolute Gasteiger partial charge is 0.325 e. The molecule has 1 aromatic heterocycles. The van der Waals surface area contributed by atoms with E-state index in [9.17, 15) is 9.18 Å². The minimum absolute atomic E-state index is 0.140. The fraction of sp³-hybridized carbons (Fsp3) is 0.357. The van der Waals surface area contributed by atoms with Crippen LogP contribution in [0.25, 0.3) is 0 Å². The van der Waals surface area contributed by atoms with Crippen molar-refractivity contribution in [3.8, 4) is 0 Å². The Morgan fingerprint density at radius 1 is 1.43 bits per heavy atom. The Morgan fingerprint density at radius 3 is 2.67 bits per heavy atom. The number of rotatable bonds is 5. The molecule has 21 heavy (non-hydrogen) atoms. The summed E-state index contributed by atoms with van der Waals surface area (Å²) in [5.41, 5.74) is 1.47. The SMILES string of the molecule is Cc1nnsc1CN(C)[C@@H](C)C(=O)Nc1ccc(F)cc1. The molecule has 0 unspecified atom stereocenters. The van der Waals surface area contributed by atoms with Crippen LogP contribution in [0.1, 0.15) is 17.5 Å². The predicted octanol–water partition coefficient (Wildman–Crippen LogP) is 2.44. The van der Waals surface area contributed by atoms with E-state index in [1.54, 1.807) is 0 Å². The third-order valence-corrected chi connectivity index (χ3v) is 4.10. The molecule has 1 aromatic carbocycles. The molecule has 7 heteroatoms. The highest BCUT2D eigenvalue weighted by Gasteiger charge is 2.19. The first-order chi connectivity index (χ1) is 9.97. The molecule has 0 saturated carbocycles. The molecule has 5 nitrogen and oxygen atoms in total. The summed E-state index contributed by atoms with van der Waals surface area (Å²) in [6.45, 7) is 4.33. The van der Waals surface area contributed by atoms with E-state index >= 15 is 0 Å². The van der Waals surface area contributed by atoms with Gasteiger partial charge in [-0.15, -0.1) is 5.10 Å². The van der Waals surface area contributed by atoms with Crippen molar-refractivity contribution in [1.82, 2.24) is 14.5 Å². The maximum Gasteiger partial charge on any atom is 0.241 e. The Labute approximate surface area is 127 Å². The van der Waals surface area contributed by atoms with Gasteiger partial charge >= 0.3 is 0 Å². The topological polar surface area (TPSA) is 58.1 Å². The molecule has 0 radical (unpaired) electrons. The van der Waals surface area contributed by atoms with E-state index in [4.69, 9.17) is 0 Å². The van der Waals surface area contributed by atoms with Crippen LogP contribution in [0.5, 0.6) is 0 Å². The van der Waals surface area contributed by atoms with Crippen LogP contribution in [-0.2, 0) is 11.3 Å². The van der Waals surface area contributed by atoms with Crippen LogP contribution >= 0.6 is 11.5 Å². The van der Waals surface area contributed by atoms with E-state index in [1.807, 2.05) is 25.8 Å². The van der Waals surface area contributed by atoms with Crippen LogP contribution in [0.3, 0.4) is 0 Å². The third-order valence-electron chi connectivity index (χ3n) is 3.29. The third kappa shape index (κ3) is 4.05. The van der Waals surface area contributed by atoms with Gasteiger partial charge in [0.05, 0.1) is 16.6 Å². The molecule has 0 spiro atoms. The molecule has 0 saturated heterocycles. The molecule has 0 fully saturated rings. The number of carbonyl (C=O) groups is 1. The van der Waals surface area contributed by atoms with Crippen molar-refractivity contribution < 1.29 is 9.18 Å². The minimum atomic E-state index is -0.327. The Kier molecular flexibility index (Phi) is 4.98. The fourth-order valence-corrected chi connectivity index (χ4v) is 2.44. The van der Waals surface area contributed by atoms with Gasteiger partial charge in [0.2, 0.25) is 5.91 Å². The highest BCUT2D eigenvalue weighted by molar-refractivity contribution is 7.05. The summed E-state index contributed by atoms with van der Waals surface area (Å²) in [6, 6.07) is 5.39. The van der Waals surface area contributed by atoms with Crippen LogP contribution in [0.4, 0.5) is 10.1 Å². The number of benzene rings is 1. The number of aryl methyl sites for hydroxylation is 1. The van der Waals surface area contributed by atoms with Gasteiger partial charge in [-0.3, -0.25) is 9.69 Å². The van der Waals surface area contributed by atoms with Crippen molar-refractivity contribution in [3.63, 3.8) is 0 Å². The van der Waals surface area contributed by atoms with Gasteiger partial charge in [-0.2, -0.15) is 0 Å². The summed E-state index contributed by atoms with van der Waals surface area (Å²) in [5, 5.41) is 6.72. The summed E-state index contributed by atoms with van der Waals surface area (Å²) < 4.78 is 16.7. The molecule has 2 rings (SSSR count). The summed E-state index contributed by atoms with van der Waals surface area (Å²) in [6.07, 6.45) is 0. The Morgan fingerprint density at radius 2 is 2.10 bits per heavy atom. The Balaban J connectivity index is 1.95. The zero-order chi connectivity index (χ0) is 15.4. The van der Waals surface area contributed by atoms with E-state index in [2.05, 4.69) is 14.9 Å². The van der Waals surface area contributed by atoms with Gasteiger partial charge in [-0.25, -0.2) is 4.39 Å². The molecule has 1 atom stereocenters. The molecular formula is C14H17FN4OS. The number of hydrogen-bond donors (Lipinski definition) is 1. The summed E-state index contributed by atoms with van der Waals surface area (Å²) >= 11 is 1.34.